The van der Waals surface area contributed by atoms with Gasteiger partial charge in [-0.25, -0.2) is 9.37 Å². The predicted octanol–water partition coefficient (Wildman–Crippen LogP) is 23.2. The van der Waals surface area contributed by atoms with Gasteiger partial charge in [-0.05, 0) is 208 Å². The van der Waals surface area contributed by atoms with Crippen molar-refractivity contribution in [1.29, 1.82) is 0 Å². The Morgan fingerprint density at radius 2 is 0.936 bits per heavy atom. The number of halogens is 1. The molecule has 0 spiro atoms. The molecular formula is C87H72FN3O3. The summed E-state index contributed by atoms with van der Waals surface area (Å²) in [6, 6.07) is 84.7. The van der Waals surface area contributed by atoms with Gasteiger partial charge < -0.3 is 23.7 Å². The second kappa shape index (κ2) is 20.5. The van der Waals surface area contributed by atoms with Crippen molar-refractivity contribution in [2.75, 3.05) is 9.80 Å². The Kier molecular flexibility index (Phi) is 12.5. The van der Waals surface area contributed by atoms with Gasteiger partial charge in [0.2, 0.25) is 5.71 Å². The van der Waals surface area contributed by atoms with Gasteiger partial charge in [0.15, 0.2) is 0 Å². The summed E-state index contributed by atoms with van der Waals surface area (Å²) >= 11 is 0. The van der Waals surface area contributed by atoms with Crippen LogP contribution in [0, 0.1) is 5.82 Å². The van der Waals surface area contributed by atoms with E-state index in [4.69, 9.17) is 18.9 Å². The number of hydrogen-bond donors (Lipinski definition) is 0. The third-order valence-electron chi connectivity index (χ3n) is 20.5. The molecule has 1 atom stereocenters. The van der Waals surface area contributed by atoms with Crippen LogP contribution in [0.1, 0.15) is 125 Å². The maximum atomic E-state index is 17.1. The molecule has 4 heterocycles. The van der Waals surface area contributed by atoms with Crippen LogP contribution in [0.2, 0.25) is 0 Å². The Labute approximate surface area is 549 Å². The molecule has 2 aromatic heterocycles. The summed E-state index contributed by atoms with van der Waals surface area (Å²) in [4.78, 5) is 9.96. The van der Waals surface area contributed by atoms with Gasteiger partial charge in [0.25, 0.3) is 0 Å². The van der Waals surface area contributed by atoms with Crippen molar-refractivity contribution >= 4 is 56.2 Å². The molecule has 0 saturated heterocycles. The van der Waals surface area contributed by atoms with Gasteiger partial charge in [0, 0.05) is 63.2 Å². The van der Waals surface area contributed by atoms with Crippen molar-refractivity contribution in [2.45, 2.75) is 103 Å². The van der Waals surface area contributed by atoms with E-state index < -0.39 is 16.6 Å². The lowest BCUT2D eigenvalue weighted by Crippen LogP contribution is -2.30. The van der Waals surface area contributed by atoms with Crippen LogP contribution in [0.15, 0.2) is 247 Å². The summed E-state index contributed by atoms with van der Waals surface area (Å²) in [6.45, 7) is 22.3. The number of pyridine rings is 1. The van der Waals surface area contributed by atoms with Crippen LogP contribution in [-0.2, 0) is 33.9 Å². The molecule has 0 radical (unpaired) electrons. The van der Waals surface area contributed by atoms with E-state index in [0.717, 1.165) is 134 Å². The van der Waals surface area contributed by atoms with Crippen LogP contribution in [0.3, 0.4) is 0 Å². The number of nitrogens with zero attached hydrogens (tertiary/aromatic N) is 3. The fraction of sp³-hybridized carbons (Fsp3) is 0.184. The highest BCUT2D eigenvalue weighted by atomic mass is 19.1. The van der Waals surface area contributed by atoms with E-state index in [1.54, 1.807) is 12.1 Å². The fourth-order valence-corrected chi connectivity index (χ4v) is 16.0. The summed E-state index contributed by atoms with van der Waals surface area (Å²) in [5.41, 5.74) is 23.8. The van der Waals surface area contributed by atoms with Gasteiger partial charge in [0.1, 0.15) is 34.1 Å². The van der Waals surface area contributed by atoms with Gasteiger partial charge in [-0.3, -0.25) is 0 Å². The van der Waals surface area contributed by atoms with Crippen LogP contribution in [-0.4, -0.2) is 4.98 Å². The average molecular weight is 1230 g/mol. The van der Waals surface area contributed by atoms with E-state index in [0.29, 0.717) is 17.7 Å². The van der Waals surface area contributed by atoms with Crippen LogP contribution < -0.4 is 19.3 Å². The Morgan fingerprint density at radius 1 is 0.426 bits per heavy atom. The quantitative estimate of drug-likeness (QED) is 0.151. The number of rotatable bonds is 8. The van der Waals surface area contributed by atoms with E-state index in [-0.39, 0.29) is 16.6 Å². The highest BCUT2D eigenvalue weighted by Gasteiger charge is 2.52. The Balaban J connectivity index is 1.02. The maximum Gasteiger partial charge on any atom is 0.227 e. The van der Waals surface area contributed by atoms with Gasteiger partial charge in [-0.15, -0.1) is 0 Å². The van der Waals surface area contributed by atoms with Crippen molar-refractivity contribution in [3.63, 3.8) is 0 Å². The molecular weight excluding hydrogens is 1150 g/mol. The molecule has 2 aliphatic carbocycles. The minimum absolute atomic E-state index is 0.0919. The summed E-state index contributed by atoms with van der Waals surface area (Å²) in [5, 5.41) is 1.80. The molecule has 460 valence electrons. The van der Waals surface area contributed by atoms with Crippen molar-refractivity contribution < 1.29 is 18.3 Å². The first kappa shape index (κ1) is 57.4. The van der Waals surface area contributed by atoms with Crippen LogP contribution in [0.4, 0.5) is 38.5 Å². The Bertz CT molecular complexity index is 5280. The highest BCUT2D eigenvalue weighted by Crippen LogP contribution is 2.66. The van der Waals surface area contributed by atoms with E-state index in [1.165, 1.54) is 22.3 Å². The molecule has 13 aromatic rings. The van der Waals surface area contributed by atoms with Crippen LogP contribution in [0.5, 0.6) is 11.5 Å². The third kappa shape index (κ3) is 8.62. The maximum absolute atomic E-state index is 17.1. The van der Waals surface area contributed by atoms with Gasteiger partial charge in [-0.2, -0.15) is 0 Å². The first-order chi connectivity index (χ1) is 45.3. The molecule has 17 rings (SSSR count). The first-order valence-electron chi connectivity index (χ1n) is 32.9. The number of para-hydroxylation sites is 2. The van der Waals surface area contributed by atoms with Crippen molar-refractivity contribution in [1.82, 2.24) is 4.98 Å². The molecule has 0 saturated carbocycles. The summed E-state index contributed by atoms with van der Waals surface area (Å²) in [7, 11) is 0. The molecule has 0 fully saturated rings. The molecule has 0 N–H and O–H groups in total. The zero-order valence-corrected chi connectivity index (χ0v) is 54.7. The standard InChI is InChI=1S/C87H72FN3O3/c1-83(2,3)53-33-37-58(38-34-53)90(60-41-43-63-65-28-16-18-31-75(65)93-85(7,8)69(63)48-60)73-50-71-79(77-62-27-15-14-22-52(62)46-68(73)77)80-72(87(71,55-23-12-11-13-24-55)56-25-20-26-57(88)47-56)51-74(78-67-30-21-45-89-82(67)92-81(78)80)91(59-39-35-54(36-40-59)84(4,5)6)61-42-44-64-66-29-17-19-32-76(66)94-86(9,10)70(64)49-61/h11-45,47-51H,46H2,1-10H3. The van der Waals surface area contributed by atoms with E-state index >= 15 is 4.39 Å². The number of fused-ring (bicyclic) bond motifs is 17. The van der Waals surface area contributed by atoms with E-state index in [1.807, 2.05) is 30.5 Å². The minimum Gasteiger partial charge on any atom is -0.482 e. The minimum atomic E-state index is -1.18. The fourth-order valence-electron chi connectivity index (χ4n) is 16.0. The number of ether oxygens (including phenoxy) is 2. The largest absolute Gasteiger partial charge is 0.482 e. The van der Waals surface area contributed by atoms with Crippen molar-refractivity contribution in [3.8, 4) is 56.0 Å². The molecule has 0 amide bonds. The Hall–Kier alpha value is -10.5. The van der Waals surface area contributed by atoms with E-state index in [2.05, 4.69) is 279 Å². The average Bonchev–Trinajstić information content (AvgIpc) is 1.49. The molecule has 1 unspecified atom stereocenters. The topological polar surface area (TPSA) is 51.0 Å². The normalized spacial score (nSPS) is 15.9. The second-order valence-corrected chi connectivity index (χ2v) is 29.1. The smallest absolute Gasteiger partial charge is 0.227 e. The van der Waals surface area contributed by atoms with Crippen LogP contribution >= 0.6 is 0 Å². The predicted molar refractivity (Wildman–Crippen MR) is 382 cm³/mol. The molecule has 4 aliphatic rings. The van der Waals surface area contributed by atoms with Crippen LogP contribution in [0.25, 0.3) is 66.6 Å². The van der Waals surface area contributed by atoms with Crippen molar-refractivity contribution in [3.05, 3.63) is 304 Å². The molecule has 11 aromatic carbocycles. The second-order valence-electron chi connectivity index (χ2n) is 29.1. The highest BCUT2D eigenvalue weighted by molar-refractivity contribution is 6.21. The number of furan rings is 1. The molecule has 7 heteroatoms. The van der Waals surface area contributed by atoms with Gasteiger partial charge >= 0.3 is 0 Å². The number of hydrogen-bond acceptors (Lipinski definition) is 6. The lowest BCUT2D eigenvalue weighted by Gasteiger charge is -2.38. The zero-order chi connectivity index (χ0) is 64.4. The zero-order valence-electron chi connectivity index (χ0n) is 54.7. The SMILES string of the molecule is CC(C)(C)c1ccc(N(c2ccc3c(c2)C(C)(C)Oc2ccccc2-3)c2cc3c(c4c2Cc2ccccc2-4)-c2c(cc(N(c4ccc(C(C)(C)C)cc4)c4ccc5c(c4)C(C)(C)Oc4ccccc4-5)c4c2oc2ncccc24)C3(c2ccccc2)c2cccc(F)c2)cc1. The first-order valence-corrected chi connectivity index (χ1v) is 32.9. The third-order valence-corrected chi connectivity index (χ3v) is 20.5. The van der Waals surface area contributed by atoms with E-state index in [9.17, 15) is 0 Å². The summed E-state index contributed by atoms with van der Waals surface area (Å²) in [6.07, 6.45) is 2.48. The van der Waals surface area contributed by atoms with Crippen molar-refractivity contribution in [2.24, 2.45) is 0 Å². The molecule has 6 nitrogen and oxygen atoms in total. The molecule has 2 aliphatic heterocycles. The lowest BCUT2D eigenvalue weighted by atomic mass is 9.67. The monoisotopic (exact) mass is 1230 g/mol. The summed E-state index contributed by atoms with van der Waals surface area (Å²) in [5.74, 6) is 1.41. The molecule has 0 bridgehead atoms. The number of benzene rings is 11. The molecule has 94 heavy (non-hydrogen) atoms. The number of anilines is 6. The Morgan fingerprint density at radius 3 is 1.52 bits per heavy atom. The lowest BCUT2D eigenvalue weighted by molar-refractivity contribution is 0.105. The summed E-state index contributed by atoms with van der Waals surface area (Å²) < 4.78 is 38.5. The van der Waals surface area contributed by atoms with Gasteiger partial charge in [-0.1, -0.05) is 181 Å². The number of aromatic nitrogens is 1. The van der Waals surface area contributed by atoms with Gasteiger partial charge in [0.05, 0.1) is 27.6 Å².